The van der Waals surface area contributed by atoms with Crippen LogP contribution in [0, 0.1) is 5.92 Å². The van der Waals surface area contributed by atoms with E-state index in [0.717, 1.165) is 77.2 Å². The van der Waals surface area contributed by atoms with Crippen LogP contribution < -0.4 is 0 Å². The Morgan fingerprint density at radius 3 is 2.42 bits per heavy atom. The van der Waals surface area contributed by atoms with Gasteiger partial charge in [0.2, 0.25) is 5.91 Å². The molecule has 8 heteroatoms. The molecule has 1 aromatic rings. The number of hydrogen-bond acceptors (Lipinski definition) is 6. The number of carbonyl (C=O) groups is 1. The maximum Gasteiger partial charge on any atom is 0.222 e. The standard InChI is InChI=1S/C23H41N7O/c1-4-27-14-11-19(12-15-27)17-21(31)28-16-13-23(18-28,29(5-2)6-3)22-24-25-26-30(22)20-9-7-8-10-20/h19-20H,4-18H2,1-3H3/t23-/m0/s1. The molecule has 2 aliphatic heterocycles. The molecule has 8 nitrogen and oxygen atoms in total. The minimum atomic E-state index is -0.267. The number of aromatic nitrogens is 4. The topological polar surface area (TPSA) is 70.4 Å². The quantitative estimate of drug-likeness (QED) is 0.630. The molecule has 1 aliphatic carbocycles. The van der Waals surface area contributed by atoms with Crippen LogP contribution in [0.5, 0.6) is 0 Å². The molecule has 0 spiro atoms. The summed E-state index contributed by atoms with van der Waals surface area (Å²) in [7, 11) is 0. The summed E-state index contributed by atoms with van der Waals surface area (Å²) in [6.07, 6.45) is 8.73. The van der Waals surface area contributed by atoms with Crippen LogP contribution >= 0.6 is 0 Å². The monoisotopic (exact) mass is 431 g/mol. The number of hydrogen-bond donors (Lipinski definition) is 0. The lowest BCUT2D eigenvalue weighted by Gasteiger charge is -2.39. The van der Waals surface area contributed by atoms with Gasteiger partial charge >= 0.3 is 0 Å². The number of likely N-dealkylation sites (N-methyl/N-ethyl adjacent to an activating group) is 1. The molecule has 1 atom stereocenters. The highest BCUT2D eigenvalue weighted by molar-refractivity contribution is 5.77. The summed E-state index contributed by atoms with van der Waals surface area (Å²) >= 11 is 0. The normalized spacial score (nSPS) is 26.4. The van der Waals surface area contributed by atoms with Crippen LogP contribution in [0.15, 0.2) is 0 Å². The van der Waals surface area contributed by atoms with Crippen molar-refractivity contribution < 1.29 is 4.79 Å². The van der Waals surface area contributed by atoms with Crippen LogP contribution in [-0.4, -0.2) is 86.6 Å². The van der Waals surface area contributed by atoms with Crippen molar-refractivity contribution in [2.45, 2.75) is 83.7 Å². The number of piperidine rings is 1. The molecule has 0 N–H and O–H groups in total. The second-order valence-electron chi connectivity index (χ2n) is 9.74. The summed E-state index contributed by atoms with van der Waals surface area (Å²) in [6, 6.07) is 0.408. The molecular weight excluding hydrogens is 390 g/mol. The molecule has 1 saturated carbocycles. The largest absolute Gasteiger partial charge is 0.340 e. The fourth-order valence-electron chi connectivity index (χ4n) is 6.20. The third kappa shape index (κ3) is 4.51. The van der Waals surface area contributed by atoms with E-state index < -0.39 is 0 Å². The molecule has 2 saturated heterocycles. The number of nitrogens with zero attached hydrogens (tertiary/aromatic N) is 7. The number of carbonyl (C=O) groups excluding carboxylic acids is 1. The van der Waals surface area contributed by atoms with Crippen LogP contribution in [0.2, 0.25) is 0 Å². The lowest BCUT2D eigenvalue weighted by molar-refractivity contribution is -0.132. The first-order chi connectivity index (χ1) is 15.1. The van der Waals surface area contributed by atoms with Gasteiger partial charge in [-0.3, -0.25) is 9.69 Å². The Morgan fingerprint density at radius 2 is 1.77 bits per heavy atom. The summed E-state index contributed by atoms with van der Waals surface area (Å²) in [5.41, 5.74) is -0.267. The molecule has 174 valence electrons. The van der Waals surface area contributed by atoms with Gasteiger partial charge in [0.25, 0.3) is 0 Å². The predicted molar refractivity (Wildman–Crippen MR) is 121 cm³/mol. The summed E-state index contributed by atoms with van der Waals surface area (Å²) in [6.45, 7) is 13.4. The highest BCUT2D eigenvalue weighted by Gasteiger charge is 2.49. The number of amides is 1. The van der Waals surface area contributed by atoms with Crippen molar-refractivity contribution in [1.82, 2.24) is 34.9 Å². The third-order valence-corrected chi connectivity index (χ3v) is 8.17. The van der Waals surface area contributed by atoms with Crippen LogP contribution in [-0.2, 0) is 10.3 Å². The summed E-state index contributed by atoms with van der Waals surface area (Å²) < 4.78 is 2.11. The first-order valence-corrected chi connectivity index (χ1v) is 12.6. The van der Waals surface area contributed by atoms with Crippen molar-refractivity contribution >= 4 is 5.91 Å². The molecule has 3 aliphatic rings. The molecule has 3 heterocycles. The summed E-state index contributed by atoms with van der Waals surface area (Å²) in [5.74, 6) is 1.83. The molecular formula is C23H41N7O. The highest BCUT2D eigenvalue weighted by Crippen LogP contribution is 2.40. The molecule has 0 unspecified atom stereocenters. The van der Waals surface area contributed by atoms with E-state index in [1.807, 2.05) is 0 Å². The molecule has 1 aromatic heterocycles. The average molecular weight is 432 g/mol. The van der Waals surface area contributed by atoms with Gasteiger partial charge in [0.05, 0.1) is 6.04 Å². The molecule has 1 amide bonds. The Balaban J connectivity index is 1.50. The highest BCUT2D eigenvalue weighted by atomic mass is 16.2. The number of tetrazole rings is 1. The minimum absolute atomic E-state index is 0.267. The Hall–Kier alpha value is -1.54. The fourth-order valence-corrected chi connectivity index (χ4v) is 6.20. The second kappa shape index (κ2) is 9.94. The van der Waals surface area contributed by atoms with E-state index in [4.69, 9.17) is 0 Å². The third-order valence-electron chi connectivity index (χ3n) is 8.17. The van der Waals surface area contributed by atoms with E-state index in [0.29, 0.717) is 30.8 Å². The Bertz CT molecular complexity index is 719. The molecule has 0 radical (unpaired) electrons. The first-order valence-electron chi connectivity index (χ1n) is 12.6. The van der Waals surface area contributed by atoms with Gasteiger partial charge in [0, 0.05) is 19.5 Å². The smallest absolute Gasteiger partial charge is 0.222 e. The van der Waals surface area contributed by atoms with Gasteiger partial charge in [-0.05, 0) is 81.2 Å². The van der Waals surface area contributed by atoms with Crippen molar-refractivity contribution in [1.29, 1.82) is 0 Å². The lowest BCUT2D eigenvalue weighted by Crippen LogP contribution is -2.50. The van der Waals surface area contributed by atoms with E-state index in [-0.39, 0.29) is 5.54 Å². The minimum Gasteiger partial charge on any atom is -0.340 e. The van der Waals surface area contributed by atoms with Gasteiger partial charge in [0.15, 0.2) is 5.82 Å². The van der Waals surface area contributed by atoms with Crippen molar-refractivity contribution in [3.05, 3.63) is 5.82 Å². The zero-order valence-corrected chi connectivity index (χ0v) is 19.8. The molecule has 0 bridgehead atoms. The van der Waals surface area contributed by atoms with Gasteiger partial charge in [-0.15, -0.1) is 5.10 Å². The van der Waals surface area contributed by atoms with Gasteiger partial charge < -0.3 is 9.80 Å². The maximum atomic E-state index is 13.3. The summed E-state index contributed by atoms with van der Waals surface area (Å²) in [4.78, 5) is 20.4. The SMILES string of the molecule is CCN1CCC(CC(=O)N2CC[C@](c3nnnn3C3CCCC3)(N(CC)CC)C2)CC1. The first kappa shape index (κ1) is 22.6. The average Bonchev–Trinajstić information content (AvgIpc) is 3.55. The van der Waals surface area contributed by atoms with Crippen LogP contribution in [0.3, 0.4) is 0 Å². The van der Waals surface area contributed by atoms with Gasteiger partial charge in [-0.25, -0.2) is 4.68 Å². The van der Waals surface area contributed by atoms with Gasteiger partial charge in [0.1, 0.15) is 5.54 Å². The maximum absolute atomic E-state index is 13.3. The number of rotatable bonds is 8. The lowest BCUT2D eigenvalue weighted by atomic mass is 9.92. The Labute approximate surface area is 187 Å². The van der Waals surface area contributed by atoms with Crippen LogP contribution in [0.1, 0.15) is 84.0 Å². The number of likely N-dealkylation sites (tertiary alicyclic amines) is 2. The summed E-state index contributed by atoms with van der Waals surface area (Å²) in [5, 5.41) is 13.1. The van der Waals surface area contributed by atoms with Crippen molar-refractivity contribution in [2.24, 2.45) is 5.92 Å². The van der Waals surface area contributed by atoms with Crippen molar-refractivity contribution in [3.63, 3.8) is 0 Å². The predicted octanol–water partition coefficient (Wildman–Crippen LogP) is 2.68. The molecule has 0 aromatic carbocycles. The van der Waals surface area contributed by atoms with E-state index in [2.05, 4.69) is 55.7 Å². The zero-order valence-electron chi connectivity index (χ0n) is 19.8. The molecule has 3 fully saturated rings. The Morgan fingerprint density at radius 1 is 1.06 bits per heavy atom. The molecule has 4 rings (SSSR count). The van der Waals surface area contributed by atoms with E-state index in [9.17, 15) is 4.79 Å². The van der Waals surface area contributed by atoms with Gasteiger partial charge in [-0.2, -0.15) is 0 Å². The fraction of sp³-hybridized carbons (Fsp3) is 0.913. The zero-order chi connectivity index (χ0) is 21.8. The van der Waals surface area contributed by atoms with Crippen molar-refractivity contribution in [3.8, 4) is 0 Å². The Kier molecular flexibility index (Phi) is 7.26. The van der Waals surface area contributed by atoms with Crippen LogP contribution in [0.4, 0.5) is 0 Å². The van der Waals surface area contributed by atoms with E-state index in [1.165, 1.54) is 12.8 Å². The van der Waals surface area contributed by atoms with Crippen LogP contribution in [0.25, 0.3) is 0 Å². The van der Waals surface area contributed by atoms with Crippen molar-refractivity contribution in [2.75, 3.05) is 45.8 Å². The van der Waals surface area contributed by atoms with E-state index >= 15 is 0 Å². The van der Waals surface area contributed by atoms with Gasteiger partial charge in [-0.1, -0.05) is 33.6 Å². The van der Waals surface area contributed by atoms with E-state index in [1.54, 1.807) is 0 Å². The second-order valence-corrected chi connectivity index (χ2v) is 9.74. The molecule has 31 heavy (non-hydrogen) atoms.